The lowest BCUT2D eigenvalue weighted by molar-refractivity contribution is 0.301. The average Bonchev–Trinajstić information content (AvgIpc) is 2.45. The third-order valence-electron chi connectivity index (χ3n) is 2.64. The van der Waals surface area contributed by atoms with Crippen LogP contribution in [0.25, 0.3) is 10.9 Å². The summed E-state index contributed by atoms with van der Waals surface area (Å²) in [6.45, 7) is 0.372. The molecule has 2 aromatic heterocycles. The highest BCUT2D eigenvalue weighted by Crippen LogP contribution is 2.19. The molecule has 3 rings (SSSR count). The van der Waals surface area contributed by atoms with Crippen LogP contribution < -0.4 is 4.74 Å². The van der Waals surface area contributed by atoms with Gasteiger partial charge in [0.2, 0.25) is 0 Å². The Kier molecular flexibility index (Phi) is 3.25. The largest absolute Gasteiger partial charge is 0.487 e. The number of pyridine rings is 1. The molecule has 5 heteroatoms. The second kappa shape index (κ2) is 5.20. The van der Waals surface area contributed by atoms with E-state index in [4.69, 9.17) is 16.3 Å². The lowest BCUT2D eigenvalue weighted by Gasteiger charge is -2.06. The van der Waals surface area contributed by atoms with Crippen LogP contribution in [-0.4, -0.2) is 15.0 Å². The van der Waals surface area contributed by atoms with E-state index >= 15 is 0 Å². The van der Waals surface area contributed by atoms with E-state index in [0.717, 1.165) is 22.3 Å². The van der Waals surface area contributed by atoms with Gasteiger partial charge in [0.1, 0.15) is 23.8 Å². The summed E-state index contributed by atoms with van der Waals surface area (Å²) in [5.41, 5.74) is 1.64. The van der Waals surface area contributed by atoms with Gasteiger partial charge in [-0.1, -0.05) is 17.7 Å². The minimum absolute atomic E-state index is 0.372. The average molecular weight is 272 g/mol. The van der Waals surface area contributed by atoms with Crippen LogP contribution in [0, 0.1) is 0 Å². The van der Waals surface area contributed by atoms with Gasteiger partial charge in [-0.2, -0.15) is 0 Å². The monoisotopic (exact) mass is 271 g/mol. The summed E-state index contributed by atoms with van der Waals surface area (Å²) in [6, 6.07) is 11.1. The fourth-order valence-corrected chi connectivity index (χ4v) is 1.91. The van der Waals surface area contributed by atoms with Crippen LogP contribution in [-0.2, 0) is 6.61 Å². The third-order valence-corrected chi connectivity index (χ3v) is 2.85. The Morgan fingerprint density at radius 1 is 1.16 bits per heavy atom. The first-order valence-electron chi connectivity index (χ1n) is 5.75. The maximum Gasteiger partial charge on any atom is 0.130 e. The van der Waals surface area contributed by atoms with Crippen molar-refractivity contribution in [2.75, 3.05) is 0 Å². The first kappa shape index (κ1) is 11.9. The van der Waals surface area contributed by atoms with Crippen LogP contribution >= 0.6 is 11.6 Å². The van der Waals surface area contributed by atoms with Crippen LogP contribution in [0.2, 0.25) is 5.15 Å². The summed E-state index contributed by atoms with van der Waals surface area (Å²) in [7, 11) is 0. The number of ether oxygens (including phenoxy) is 1. The Morgan fingerprint density at radius 3 is 3.00 bits per heavy atom. The van der Waals surface area contributed by atoms with Gasteiger partial charge < -0.3 is 4.74 Å². The first-order chi connectivity index (χ1) is 9.31. The lowest BCUT2D eigenvalue weighted by atomic mass is 10.2. The van der Waals surface area contributed by atoms with Crippen molar-refractivity contribution in [2.24, 2.45) is 0 Å². The van der Waals surface area contributed by atoms with E-state index in [0.29, 0.717) is 11.8 Å². The van der Waals surface area contributed by atoms with Crippen molar-refractivity contribution in [1.82, 2.24) is 15.0 Å². The molecule has 0 amide bonds. The molecule has 0 fully saturated rings. The summed E-state index contributed by atoms with van der Waals surface area (Å²) < 4.78 is 5.67. The minimum Gasteiger partial charge on any atom is -0.487 e. The lowest BCUT2D eigenvalue weighted by Crippen LogP contribution is -1.98. The molecular formula is C14H10ClN3O. The van der Waals surface area contributed by atoms with Crippen LogP contribution in [0.5, 0.6) is 5.75 Å². The van der Waals surface area contributed by atoms with Gasteiger partial charge in [0.05, 0.1) is 11.2 Å². The van der Waals surface area contributed by atoms with Gasteiger partial charge in [0.25, 0.3) is 0 Å². The number of fused-ring (bicyclic) bond motifs is 1. The smallest absolute Gasteiger partial charge is 0.130 e. The Balaban J connectivity index is 1.78. The van der Waals surface area contributed by atoms with Crippen LogP contribution in [0.1, 0.15) is 5.69 Å². The zero-order chi connectivity index (χ0) is 13.1. The van der Waals surface area contributed by atoms with Gasteiger partial charge in [0.15, 0.2) is 0 Å². The molecule has 0 aliphatic carbocycles. The fraction of sp³-hybridized carbons (Fsp3) is 0.0714. The molecule has 0 unspecified atom stereocenters. The molecule has 2 heterocycles. The molecule has 0 radical (unpaired) electrons. The number of rotatable bonds is 3. The molecule has 0 saturated carbocycles. The Labute approximate surface area is 115 Å². The molecule has 4 nitrogen and oxygen atoms in total. The zero-order valence-corrected chi connectivity index (χ0v) is 10.7. The van der Waals surface area contributed by atoms with Crippen molar-refractivity contribution in [3.63, 3.8) is 0 Å². The Hall–Kier alpha value is -2.20. The van der Waals surface area contributed by atoms with E-state index in [-0.39, 0.29) is 0 Å². The molecule has 0 aliphatic rings. The molecular weight excluding hydrogens is 262 g/mol. The van der Waals surface area contributed by atoms with E-state index in [1.165, 1.54) is 6.33 Å². The maximum absolute atomic E-state index is 5.82. The number of benzene rings is 1. The van der Waals surface area contributed by atoms with E-state index in [1.807, 2.05) is 30.3 Å². The SMILES string of the molecule is Clc1cccc(COc2ccc3cncnc3c2)n1. The summed E-state index contributed by atoms with van der Waals surface area (Å²) in [5, 5.41) is 1.45. The Morgan fingerprint density at radius 2 is 2.11 bits per heavy atom. The topological polar surface area (TPSA) is 47.9 Å². The quantitative estimate of drug-likeness (QED) is 0.686. The van der Waals surface area contributed by atoms with Gasteiger partial charge in [-0.3, -0.25) is 0 Å². The summed E-state index contributed by atoms with van der Waals surface area (Å²) in [5.74, 6) is 0.743. The molecule has 0 aliphatic heterocycles. The summed E-state index contributed by atoms with van der Waals surface area (Å²) >= 11 is 5.82. The van der Waals surface area contributed by atoms with Gasteiger partial charge in [-0.05, 0) is 24.3 Å². The third kappa shape index (κ3) is 2.80. The molecule has 0 N–H and O–H groups in total. The number of nitrogens with zero attached hydrogens (tertiary/aromatic N) is 3. The molecule has 1 aromatic carbocycles. The summed E-state index contributed by atoms with van der Waals surface area (Å²) in [6.07, 6.45) is 3.29. The molecule has 0 spiro atoms. The normalized spacial score (nSPS) is 10.6. The van der Waals surface area contributed by atoms with Gasteiger partial charge in [-0.25, -0.2) is 15.0 Å². The zero-order valence-electron chi connectivity index (χ0n) is 9.95. The standard InChI is InChI=1S/C14H10ClN3O/c15-14-3-1-2-11(18-14)8-19-12-5-4-10-7-16-9-17-13(10)6-12/h1-7,9H,8H2. The van der Waals surface area contributed by atoms with E-state index < -0.39 is 0 Å². The molecule has 94 valence electrons. The molecule has 0 saturated heterocycles. The highest BCUT2D eigenvalue weighted by atomic mass is 35.5. The number of hydrogen-bond donors (Lipinski definition) is 0. The number of aromatic nitrogens is 3. The van der Waals surface area contributed by atoms with E-state index in [1.54, 1.807) is 12.3 Å². The molecule has 0 bridgehead atoms. The van der Waals surface area contributed by atoms with Crippen molar-refractivity contribution in [3.05, 3.63) is 59.8 Å². The number of hydrogen-bond acceptors (Lipinski definition) is 4. The number of halogens is 1. The minimum atomic E-state index is 0.372. The predicted molar refractivity (Wildman–Crippen MR) is 73.1 cm³/mol. The predicted octanol–water partition coefficient (Wildman–Crippen LogP) is 3.26. The van der Waals surface area contributed by atoms with Gasteiger partial charge >= 0.3 is 0 Å². The van der Waals surface area contributed by atoms with Crippen molar-refractivity contribution in [1.29, 1.82) is 0 Å². The second-order valence-electron chi connectivity index (χ2n) is 3.98. The van der Waals surface area contributed by atoms with Crippen LogP contribution in [0.15, 0.2) is 48.9 Å². The van der Waals surface area contributed by atoms with Crippen molar-refractivity contribution >= 4 is 22.5 Å². The molecule has 3 aromatic rings. The molecule has 0 atom stereocenters. The van der Waals surface area contributed by atoms with Crippen LogP contribution in [0.4, 0.5) is 0 Å². The van der Waals surface area contributed by atoms with Crippen molar-refractivity contribution in [2.45, 2.75) is 6.61 Å². The van der Waals surface area contributed by atoms with Crippen molar-refractivity contribution < 1.29 is 4.74 Å². The Bertz CT molecular complexity index is 718. The van der Waals surface area contributed by atoms with Gasteiger partial charge in [0, 0.05) is 17.6 Å². The highest BCUT2D eigenvalue weighted by Gasteiger charge is 2.00. The fourth-order valence-electron chi connectivity index (χ4n) is 1.73. The second-order valence-corrected chi connectivity index (χ2v) is 4.37. The van der Waals surface area contributed by atoms with Crippen LogP contribution in [0.3, 0.4) is 0 Å². The molecule has 19 heavy (non-hydrogen) atoms. The summed E-state index contributed by atoms with van der Waals surface area (Å²) in [4.78, 5) is 12.3. The van der Waals surface area contributed by atoms with E-state index in [9.17, 15) is 0 Å². The van der Waals surface area contributed by atoms with Crippen molar-refractivity contribution in [3.8, 4) is 5.75 Å². The van der Waals surface area contributed by atoms with Gasteiger partial charge in [-0.15, -0.1) is 0 Å². The van der Waals surface area contributed by atoms with E-state index in [2.05, 4.69) is 15.0 Å². The maximum atomic E-state index is 5.82. The highest BCUT2D eigenvalue weighted by molar-refractivity contribution is 6.29. The first-order valence-corrected chi connectivity index (χ1v) is 6.13.